The van der Waals surface area contributed by atoms with Crippen LogP contribution in [0.1, 0.15) is 11.1 Å². The smallest absolute Gasteiger partial charge is 0.282 e. The molecule has 0 aliphatic carbocycles. The second-order valence-electron chi connectivity index (χ2n) is 9.02. The third kappa shape index (κ3) is 5.39. The molecular weight excluding hydrogens is 585 g/mol. The van der Waals surface area contributed by atoms with Gasteiger partial charge in [0.25, 0.3) is 5.56 Å². The van der Waals surface area contributed by atoms with Gasteiger partial charge in [0.2, 0.25) is 5.82 Å². The number of ether oxygens (including phenoxy) is 2. The molecule has 41 heavy (non-hydrogen) atoms. The average Bonchev–Trinajstić information content (AvgIpc) is 3.42. The van der Waals surface area contributed by atoms with E-state index in [0.29, 0.717) is 54.4 Å². The number of hydrogen-bond acceptors (Lipinski definition) is 6. The summed E-state index contributed by atoms with van der Waals surface area (Å²) < 4.78 is 18.6. The van der Waals surface area contributed by atoms with Gasteiger partial charge in [-0.25, -0.2) is 4.98 Å². The van der Waals surface area contributed by atoms with Gasteiger partial charge in [-0.1, -0.05) is 59.1 Å². The monoisotopic (exact) mass is 603 g/mol. The molecule has 6 rings (SSSR count). The van der Waals surface area contributed by atoms with Crippen LogP contribution in [0, 0.1) is 0 Å². The Labute approximate surface area is 249 Å². The Bertz CT molecular complexity index is 2020. The molecule has 7 nitrogen and oxygen atoms in total. The summed E-state index contributed by atoms with van der Waals surface area (Å²) >= 11 is 18.6. The maximum Gasteiger partial charge on any atom is 0.282 e. The summed E-state index contributed by atoms with van der Waals surface area (Å²) in [6, 6.07) is 24.8. The second kappa shape index (κ2) is 11.3. The standard InChI is InChI=1S/C31H20Cl3N3O4/c1-39-26-7-4-8-27-21(26)15-29(41-27)30-36-25-6-3-2-5-20(25)31(38)37(30)35-16-18-10-12-28(24(34)13-18)40-17-19-9-11-22(32)23(33)14-19/h2-16H,17H2,1H3. The van der Waals surface area contributed by atoms with Crippen molar-refractivity contribution in [3.05, 3.63) is 121 Å². The number of fused-ring (bicyclic) bond motifs is 2. The van der Waals surface area contributed by atoms with Crippen molar-refractivity contribution in [3.8, 4) is 23.1 Å². The van der Waals surface area contributed by atoms with E-state index in [1.165, 1.54) is 10.9 Å². The quantitative estimate of drug-likeness (QED) is 0.172. The molecule has 0 radical (unpaired) electrons. The fourth-order valence-corrected chi connectivity index (χ4v) is 4.91. The molecule has 0 atom stereocenters. The van der Waals surface area contributed by atoms with Crippen LogP contribution in [0.4, 0.5) is 0 Å². The minimum Gasteiger partial charge on any atom is -0.496 e. The van der Waals surface area contributed by atoms with Gasteiger partial charge in [-0.15, -0.1) is 0 Å². The fourth-order valence-electron chi connectivity index (χ4n) is 4.34. The van der Waals surface area contributed by atoms with Gasteiger partial charge < -0.3 is 13.9 Å². The maximum atomic E-state index is 13.5. The van der Waals surface area contributed by atoms with Crippen molar-refractivity contribution >= 4 is 62.9 Å². The Hall–Kier alpha value is -4.30. The Morgan fingerprint density at radius 2 is 1.73 bits per heavy atom. The SMILES string of the molecule is COc1cccc2oc(-c3nc4ccccc4c(=O)n3N=Cc3ccc(OCc4ccc(Cl)c(Cl)c4)c(Cl)c3)cc12. The molecular formula is C31H20Cl3N3O4. The van der Waals surface area contributed by atoms with E-state index in [2.05, 4.69) is 5.10 Å². The summed E-state index contributed by atoms with van der Waals surface area (Å²) in [6.45, 7) is 0.258. The number of para-hydroxylation sites is 1. The van der Waals surface area contributed by atoms with Crippen LogP contribution in [-0.4, -0.2) is 23.0 Å². The molecule has 0 aliphatic rings. The highest BCUT2D eigenvalue weighted by Crippen LogP contribution is 2.33. The number of hydrogen-bond donors (Lipinski definition) is 0. The third-order valence-corrected chi connectivity index (χ3v) is 7.41. The zero-order valence-corrected chi connectivity index (χ0v) is 23.7. The molecule has 0 saturated carbocycles. The van der Waals surface area contributed by atoms with Crippen molar-refractivity contribution in [2.24, 2.45) is 5.10 Å². The summed E-state index contributed by atoms with van der Waals surface area (Å²) in [6.07, 6.45) is 1.53. The molecule has 10 heteroatoms. The zero-order chi connectivity index (χ0) is 28.5. The van der Waals surface area contributed by atoms with E-state index < -0.39 is 0 Å². The van der Waals surface area contributed by atoms with Gasteiger partial charge in [-0.2, -0.15) is 9.78 Å². The van der Waals surface area contributed by atoms with Crippen LogP contribution in [0.5, 0.6) is 11.5 Å². The Kier molecular flexibility index (Phi) is 7.41. The number of nitrogens with zero attached hydrogens (tertiary/aromatic N) is 3. The number of halogens is 3. The molecule has 4 aromatic carbocycles. The molecule has 2 heterocycles. The van der Waals surface area contributed by atoms with Crippen molar-refractivity contribution in [2.75, 3.05) is 7.11 Å². The Balaban J connectivity index is 1.35. The molecule has 0 aliphatic heterocycles. The Morgan fingerprint density at radius 3 is 2.54 bits per heavy atom. The molecule has 0 amide bonds. The molecule has 2 aromatic heterocycles. The molecule has 0 fully saturated rings. The number of methoxy groups -OCH3 is 1. The van der Waals surface area contributed by atoms with Crippen molar-refractivity contribution in [3.63, 3.8) is 0 Å². The molecule has 0 unspecified atom stereocenters. The summed E-state index contributed by atoms with van der Waals surface area (Å²) in [5.41, 5.74) is 2.27. The molecule has 0 spiro atoms. The van der Waals surface area contributed by atoms with E-state index >= 15 is 0 Å². The van der Waals surface area contributed by atoms with Gasteiger partial charge in [0.15, 0.2) is 5.76 Å². The van der Waals surface area contributed by atoms with Gasteiger partial charge in [-0.05, 0) is 71.8 Å². The van der Waals surface area contributed by atoms with Crippen molar-refractivity contribution in [1.29, 1.82) is 0 Å². The van der Waals surface area contributed by atoms with E-state index in [9.17, 15) is 4.79 Å². The predicted octanol–water partition coefficient (Wildman–Crippen LogP) is 8.24. The minimum atomic E-state index is -0.345. The second-order valence-corrected chi connectivity index (χ2v) is 10.2. The summed E-state index contributed by atoms with van der Waals surface area (Å²) in [7, 11) is 1.59. The third-order valence-electron chi connectivity index (χ3n) is 6.37. The predicted molar refractivity (Wildman–Crippen MR) is 163 cm³/mol. The first kappa shape index (κ1) is 26.9. The van der Waals surface area contributed by atoms with E-state index in [4.69, 9.17) is 53.7 Å². The average molecular weight is 605 g/mol. The Morgan fingerprint density at radius 1 is 0.878 bits per heavy atom. The van der Waals surface area contributed by atoms with E-state index in [-0.39, 0.29) is 18.0 Å². The van der Waals surface area contributed by atoms with Crippen LogP contribution in [0.15, 0.2) is 99.2 Å². The zero-order valence-electron chi connectivity index (χ0n) is 21.5. The fraction of sp³-hybridized carbons (Fsp3) is 0.0645. The van der Waals surface area contributed by atoms with E-state index in [1.807, 2.05) is 30.3 Å². The first-order valence-electron chi connectivity index (χ1n) is 12.4. The van der Waals surface area contributed by atoms with Gasteiger partial charge in [0, 0.05) is 0 Å². The first-order chi connectivity index (χ1) is 19.9. The highest BCUT2D eigenvalue weighted by Gasteiger charge is 2.18. The normalized spacial score (nSPS) is 11.5. The highest BCUT2D eigenvalue weighted by molar-refractivity contribution is 6.42. The van der Waals surface area contributed by atoms with Crippen molar-refractivity contribution < 1.29 is 13.9 Å². The van der Waals surface area contributed by atoms with Gasteiger partial charge >= 0.3 is 0 Å². The van der Waals surface area contributed by atoms with Crippen LogP contribution >= 0.6 is 34.8 Å². The van der Waals surface area contributed by atoms with Crippen molar-refractivity contribution in [1.82, 2.24) is 9.66 Å². The van der Waals surface area contributed by atoms with Crippen LogP contribution in [-0.2, 0) is 6.61 Å². The summed E-state index contributed by atoms with van der Waals surface area (Å²) in [5, 5.41) is 6.97. The molecule has 204 valence electrons. The topological polar surface area (TPSA) is 78.9 Å². The number of furan rings is 1. The van der Waals surface area contributed by atoms with Gasteiger partial charge in [0.05, 0.1) is 44.7 Å². The van der Waals surface area contributed by atoms with Crippen molar-refractivity contribution in [2.45, 2.75) is 6.61 Å². The first-order valence-corrected chi connectivity index (χ1v) is 13.5. The lowest BCUT2D eigenvalue weighted by atomic mass is 10.2. The van der Waals surface area contributed by atoms with Gasteiger partial charge in [0.1, 0.15) is 23.7 Å². The van der Waals surface area contributed by atoms with Crippen LogP contribution < -0.4 is 15.0 Å². The number of aromatic nitrogens is 2. The summed E-state index contributed by atoms with van der Waals surface area (Å²) in [5.74, 6) is 1.74. The van der Waals surface area contributed by atoms with Crippen LogP contribution in [0.3, 0.4) is 0 Å². The minimum absolute atomic E-state index is 0.246. The van der Waals surface area contributed by atoms with Gasteiger partial charge in [-0.3, -0.25) is 4.79 Å². The molecule has 6 aromatic rings. The maximum absolute atomic E-state index is 13.5. The number of benzene rings is 4. The lowest BCUT2D eigenvalue weighted by Crippen LogP contribution is -2.20. The number of rotatable bonds is 7. The summed E-state index contributed by atoms with van der Waals surface area (Å²) in [4.78, 5) is 18.3. The molecule has 0 bridgehead atoms. The van der Waals surface area contributed by atoms with E-state index in [1.54, 1.807) is 61.7 Å². The molecule has 0 N–H and O–H groups in total. The lowest BCUT2D eigenvalue weighted by molar-refractivity contribution is 0.306. The van der Waals surface area contributed by atoms with Crippen LogP contribution in [0.25, 0.3) is 33.5 Å². The van der Waals surface area contributed by atoms with Crippen LogP contribution in [0.2, 0.25) is 15.1 Å². The highest BCUT2D eigenvalue weighted by atomic mass is 35.5. The van der Waals surface area contributed by atoms with E-state index in [0.717, 1.165) is 10.9 Å². The largest absolute Gasteiger partial charge is 0.496 e. The lowest BCUT2D eigenvalue weighted by Gasteiger charge is -2.10. The molecule has 0 saturated heterocycles.